The van der Waals surface area contributed by atoms with Crippen LogP contribution >= 0.6 is 11.6 Å². The molecule has 2 unspecified atom stereocenters. The van der Waals surface area contributed by atoms with E-state index >= 15 is 0 Å². The largest absolute Gasteiger partial charge is 0.380 e. The summed E-state index contributed by atoms with van der Waals surface area (Å²) in [5, 5.41) is 6.77. The van der Waals surface area contributed by atoms with E-state index in [1.54, 1.807) is 6.07 Å². The minimum Gasteiger partial charge on any atom is -0.380 e. The molecular weight excluding hydrogens is 212 g/mol. The number of hydrogen-bond donors (Lipinski definition) is 2. The summed E-state index contributed by atoms with van der Waals surface area (Å²) in [6.07, 6.45) is 0. The van der Waals surface area contributed by atoms with Gasteiger partial charge in [-0.1, -0.05) is 18.5 Å². The minimum absolute atomic E-state index is 0.0241. The summed E-state index contributed by atoms with van der Waals surface area (Å²) in [5.41, 5.74) is 1.67. The van der Waals surface area contributed by atoms with Crippen molar-refractivity contribution in [2.75, 3.05) is 10.6 Å². The number of fused-ring (bicyclic) bond motifs is 1. The van der Waals surface area contributed by atoms with Crippen molar-refractivity contribution in [2.24, 2.45) is 5.92 Å². The standard InChI is InChI=1S/C11H13ClN2O/c1-6-7(2)13-9-4-3-8(12)5-10(9)14-11(6)15/h3-7,13H,1-2H3,(H,14,15). The highest BCUT2D eigenvalue weighted by Gasteiger charge is 2.25. The average Bonchev–Trinajstić information content (AvgIpc) is 2.29. The first-order chi connectivity index (χ1) is 7.08. The molecule has 0 fully saturated rings. The Morgan fingerprint density at radius 1 is 1.27 bits per heavy atom. The average molecular weight is 225 g/mol. The van der Waals surface area contributed by atoms with Gasteiger partial charge in [-0.05, 0) is 25.1 Å². The van der Waals surface area contributed by atoms with E-state index in [1.165, 1.54) is 0 Å². The van der Waals surface area contributed by atoms with Crippen molar-refractivity contribution in [2.45, 2.75) is 19.9 Å². The lowest BCUT2D eigenvalue weighted by Crippen LogP contribution is -2.30. The van der Waals surface area contributed by atoms with E-state index in [1.807, 2.05) is 26.0 Å². The first kappa shape index (κ1) is 10.3. The van der Waals surface area contributed by atoms with Crippen LogP contribution in [-0.2, 0) is 4.79 Å². The Morgan fingerprint density at radius 2 is 2.00 bits per heavy atom. The van der Waals surface area contributed by atoms with E-state index in [0.717, 1.165) is 11.4 Å². The number of amides is 1. The molecule has 0 aromatic heterocycles. The quantitative estimate of drug-likeness (QED) is 0.712. The summed E-state index contributed by atoms with van der Waals surface area (Å²) in [5.74, 6) is -0.0350. The predicted octanol–water partition coefficient (Wildman–Crippen LogP) is 2.73. The zero-order valence-corrected chi connectivity index (χ0v) is 9.43. The fraction of sp³-hybridized carbons (Fsp3) is 0.364. The van der Waals surface area contributed by atoms with Crippen molar-refractivity contribution < 1.29 is 4.79 Å². The number of nitrogens with one attached hydrogen (secondary N) is 2. The maximum atomic E-state index is 11.7. The van der Waals surface area contributed by atoms with Crippen molar-refractivity contribution in [3.05, 3.63) is 23.2 Å². The van der Waals surface area contributed by atoms with Gasteiger partial charge in [0.25, 0.3) is 0 Å². The maximum Gasteiger partial charge on any atom is 0.229 e. The van der Waals surface area contributed by atoms with Crippen LogP contribution < -0.4 is 10.6 Å². The molecule has 1 aromatic carbocycles. The summed E-state index contributed by atoms with van der Waals surface area (Å²) < 4.78 is 0. The fourth-order valence-electron chi connectivity index (χ4n) is 1.59. The molecule has 0 spiro atoms. The molecule has 80 valence electrons. The molecular formula is C11H13ClN2O. The Balaban J connectivity index is 2.42. The summed E-state index contributed by atoms with van der Waals surface area (Å²) in [6, 6.07) is 5.56. The van der Waals surface area contributed by atoms with E-state index in [0.29, 0.717) is 5.02 Å². The molecule has 2 atom stereocenters. The SMILES string of the molecule is CC1Nc2ccc(Cl)cc2NC(=O)C1C. The van der Waals surface area contributed by atoms with Crippen LogP contribution in [0.3, 0.4) is 0 Å². The van der Waals surface area contributed by atoms with Gasteiger partial charge in [0, 0.05) is 11.1 Å². The number of hydrogen-bond acceptors (Lipinski definition) is 2. The van der Waals surface area contributed by atoms with Gasteiger partial charge in [0.15, 0.2) is 0 Å². The molecule has 1 heterocycles. The monoisotopic (exact) mass is 224 g/mol. The minimum atomic E-state index is -0.0591. The third kappa shape index (κ3) is 1.92. The first-order valence-electron chi connectivity index (χ1n) is 4.95. The van der Waals surface area contributed by atoms with Crippen LogP contribution in [0.4, 0.5) is 11.4 Å². The molecule has 1 amide bonds. The number of anilines is 2. The van der Waals surface area contributed by atoms with Gasteiger partial charge in [0.05, 0.1) is 17.3 Å². The highest BCUT2D eigenvalue weighted by Crippen LogP contribution is 2.30. The normalized spacial score (nSPS) is 24.9. The number of benzene rings is 1. The van der Waals surface area contributed by atoms with Crippen molar-refractivity contribution in [1.29, 1.82) is 0 Å². The van der Waals surface area contributed by atoms with Gasteiger partial charge in [0.2, 0.25) is 5.91 Å². The highest BCUT2D eigenvalue weighted by atomic mass is 35.5. The molecule has 4 heteroatoms. The van der Waals surface area contributed by atoms with Crippen molar-refractivity contribution in [3.8, 4) is 0 Å². The molecule has 1 aliphatic rings. The smallest absolute Gasteiger partial charge is 0.229 e. The van der Waals surface area contributed by atoms with Crippen LogP contribution in [0.2, 0.25) is 5.02 Å². The Hall–Kier alpha value is -1.22. The van der Waals surface area contributed by atoms with Gasteiger partial charge in [-0.15, -0.1) is 0 Å². The van der Waals surface area contributed by atoms with E-state index in [2.05, 4.69) is 10.6 Å². The number of halogens is 1. The van der Waals surface area contributed by atoms with Crippen LogP contribution in [0.1, 0.15) is 13.8 Å². The zero-order valence-electron chi connectivity index (χ0n) is 8.67. The Kier molecular flexibility index (Phi) is 2.57. The number of rotatable bonds is 0. The predicted molar refractivity (Wildman–Crippen MR) is 62.3 cm³/mol. The van der Waals surface area contributed by atoms with E-state index in [9.17, 15) is 4.79 Å². The second kappa shape index (κ2) is 3.74. The summed E-state index contributed by atoms with van der Waals surface area (Å²) in [4.78, 5) is 11.7. The zero-order chi connectivity index (χ0) is 11.0. The number of carbonyl (C=O) groups excluding carboxylic acids is 1. The molecule has 0 saturated carbocycles. The Labute approximate surface area is 93.8 Å². The topological polar surface area (TPSA) is 41.1 Å². The lowest BCUT2D eigenvalue weighted by Gasteiger charge is -2.16. The van der Waals surface area contributed by atoms with E-state index < -0.39 is 0 Å². The molecule has 15 heavy (non-hydrogen) atoms. The van der Waals surface area contributed by atoms with Crippen molar-refractivity contribution in [3.63, 3.8) is 0 Å². The van der Waals surface area contributed by atoms with E-state index in [4.69, 9.17) is 11.6 Å². The lowest BCUT2D eigenvalue weighted by atomic mass is 10.0. The van der Waals surface area contributed by atoms with Gasteiger partial charge < -0.3 is 10.6 Å². The molecule has 1 aliphatic heterocycles. The molecule has 0 radical (unpaired) electrons. The van der Waals surface area contributed by atoms with Gasteiger partial charge in [-0.3, -0.25) is 4.79 Å². The summed E-state index contributed by atoms with van der Waals surface area (Å²) >= 11 is 5.87. The highest BCUT2D eigenvalue weighted by molar-refractivity contribution is 6.31. The molecule has 0 aliphatic carbocycles. The molecule has 0 bridgehead atoms. The van der Waals surface area contributed by atoms with Gasteiger partial charge in [-0.25, -0.2) is 0 Å². The maximum absolute atomic E-state index is 11.7. The lowest BCUT2D eigenvalue weighted by molar-refractivity contribution is -0.119. The third-order valence-electron chi connectivity index (χ3n) is 2.79. The molecule has 1 aromatic rings. The Bertz CT molecular complexity index is 406. The summed E-state index contributed by atoms with van der Waals surface area (Å²) in [7, 11) is 0. The molecule has 2 N–H and O–H groups in total. The van der Waals surface area contributed by atoms with E-state index in [-0.39, 0.29) is 17.9 Å². The van der Waals surface area contributed by atoms with Crippen LogP contribution in [0.5, 0.6) is 0 Å². The van der Waals surface area contributed by atoms with Gasteiger partial charge in [0.1, 0.15) is 0 Å². The van der Waals surface area contributed by atoms with Crippen molar-refractivity contribution in [1.82, 2.24) is 0 Å². The van der Waals surface area contributed by atoms with Crippen LogP contribution in [-0.4, -0.2) is 11.9 Å². The van der Waals surface area contributed by atoms with Crippen LogP contribution in [0.15, 0.2) is 18.2 Å². The summed E-state index contributed by atoms with van der Waals surface area (Å²) in [6.45, 7) is 3.90. The van der Waals surface area contributed by atoms with Crippen molar-refractivity contribution >= 4 is 28.9 Å². The molecule has 2 rings (SSSR count). The molecule has 3 nitrogen and oxygen atoms in total. The number of carbonyl (C=O) groups is 1. The Morgan fingerprint density at radius 3 is 2.73 bits per heavy atom. The van der Waals surface area contributed by atoms with Crippen LogP contribution in [0.25, 0.3) is 0 Å². The molecule has 0 saturated heterocycles. The van der Waals surface area contributed by atoms with Crippen LogP contribution in [0, 0.1) is 5.92 Å². The van der Waals surface area contributed by atoms with Gasteiger partial charge >= 0.3 is 0 Å². The fourth-order valence-corrected chi connectivity index (χ4v) is 1.76. The third-order valence-corrected chi connectivity index (χ3v) is 3.02. The second-order valence-electron chi connectivity index (χ2n) is 3.90. The van der Waals surface area contributed by atoms with Gasteiger partial charge in [-0.2, -0.15) is 0 Å². The first-order valence-corrected chi connectivity index (χ1v) is 5.32. The second-order valence-corrected chi connectivity index (χ2v) is 4.34.